The molecule has 0 aromatic heterocycles. The second-order valence-corrected chi connectivity index (χ2v) is 6.98. The molecule has 0 spiro atoms. The largest absolute Gasteiger partial charge is 0.479 e. The summed E-state index contributed by atoms with van der Waals surface area (Å²) < 4.78 is 5.60. The second kappa shape index (κ2) is 7.31. The molecule has 0 bridgehead atoms. The molecule has 2 aliphatic rings. The van der Waals surface area contributed by atoms with E-state index in [1.165, 1.54) is 0 Å². The maximum Gasteiger partial charge on any atom is 0.265 e. The van der Waals surface area contributed by atoms with Gasteiger partial charge in [-0.05, 0) is 43.5 Å². The zero-order valence-corrected chi connectivity index (χ0v) is 15.3. The van der Waals surface area contributed by atoms with E-state index in [9.17, 15) is 9.59 Å². The van der Waals surface area contributed by atoms with Crippen molar-refractivity contribution >= 4 is 23.2 Å². The van der Waals surface area contributed by atoms with Crippen molar-refractivity contribution in [1.29, 1.82) is 0 Å². The number of nitrogens with one attached hydrogen (secondary N) is 2. The van der Waals surface area contributed by atoms with Crippen LogP contribution in [-0.2, 0) is 9.59 Å². The molecule has 2 atom stereocenters. The van der Waals surface area contributed by atoms with E-state index in [0.29, 0.717) is 11.4 Å². The standard InChI is InChI=1S/C21H23N3O3/c1-14-20(25)23-17-13-16(9-10-18(17)27-14)22-19(15-7-3-2-4-8-15)21(26)24-11-5-6-12-24/h2-4,7-10,13-14,19,22H,5-6,11-12H2,1H3,(H,23,25)/t14-,19+/m1/s1. The Bertz CT molecular complexity index is 847. The lowest BCUT2D eigenvalue weighted by atomic mass is 10.0. The first-order valence-electron chi connectivity index (χ1n) is 9.33. The summed E-state index contributed by atoms with van der Waals surface area (Å²) in [6, 6.07) is 14.7. The fraction of sp³-hybridized carbons (Fsp3) is 0.333. The zero-order chi connectivity index (χ0) is 18.8. The van der Waals surface area contributed by atoms with Crippen LogP contribution in [0.1, 0.15) is 31.4 Å². The maximum atomic E-state index is 13.1. The molecule has 2 aromatic rings. The van der Waals surface area contributed by atoms with Crippen molar-refractivity contribution < 1.29 is 14.3 Å². The van der Waals surface area contributed by atoms with Gasteiger partial charge in [-0.3, -0.25) is 9.59 Å². The topological polar surface area (TPSA) is 70.7 Å². The van der Waals surface area contributed by atoms with E-state index in [1.54, 1.807) is 6.92 Å². The Labute approximate surface area is 158 Å². The van der Waals surface area contributed by atoms with Crippen molar-refractivity contribution in [3.8, 4) is 5.75 Å². The number of anilines is 2. The zero-order valence-electron chi connectivity index (χ0n) is 15.3. The van der Waals surface area contributed by atoms with E-state index in [4.69, 9.17) is 4.74 Å². The summed E-state index contributed by atoms with van der Waals surface area (Å²) in [5.41, 5.74) is 2.29. The van der Waals surface area contributed by atoms with Crippen LogP contribution in [0.25, 0.3) is 0 Å². The van der Waals surface area contributed by atoms with E-state index >= 15 is 0 Å². The third kappa shape index (κ3) is 3.60. The first kappa shape index (κ1) is 17.4. The molecule has 0 radical (unpaired) electrons. The summed E-state index contributed by atoms with van der Waals surface area (Å²) in [6.07, 6.45) is 1.59. The number of benzene rings is 2. The van der Waals surface area contributed by atoms with Gasteiger partial charge in [0.05, 0.1) is 5.69 Å². The quantitative estimate of drug-likeness (QED) is 0.873. The van der Waals surface area contributed by atoms with Crippen molar-refractivity contribution in [2.45, 2.75) is 31.9 Å². The number of carbonyl (C=O) groups is 2. The molecule has 2 aromatic carbocycles. The van der Waals surface area contributed by atoms with Crippen LogP contribution in [-0.4, -0.2) is 35.9 Å². The van der Waals surface area contributed by atoms with Crippen molar-refractivity contribution in [2.24, 2.45) is 0 Å². The number of rotatable bonds is 4. The van der Waals surface area contributed by atoms with Crippen molar-refractivity contribution in [2.75, 3.05) is 23.7 Å². The lowest BCUT2D eigenvalue weighted by molar-refractivity contribution is -0.131. The van der Waals surface area contributed by atoms with Crippen LogP contribution in [0, 0.1) is 0 Å². The number of hydrogen-bond donors (Lipinski definition) is 2. The molecule has 2 amide bonds. The number of likely N-dealkylation sites (tertiary alicyclic amines) is 1. The predicted octanol–water partition coefficient (Wildman–Crippen LogP) is 3.18. The Balaban J connectivity index is 1.61. The van der Waals surface area contributed by atoms with Crippen LogP contribution >= 0.6 is 0 Å². The lowest BCUT2D eigenvalue weighted by Gasteiger charge is -2.27. The first-order chi connectivity index (χ1) is 13.1. The molecular formula is C21H23N3O3. The Morgan fingerprint density at radius 3 is 2.67 bits per heavy atom. The van der Waals surface area contributed by atoms with E-state index in [0.717, 1.165) is 37.2 Å². The Morgan fingerprint density at radius 2 is 1.93 bits per heavy atom. The summed E-state index contributed by atoms with van der Waals surface area (Å²) in [5.74, 6) is 0.535. The SMILES string of the molecule is C[C@H]1Oc2ccc(N[C@H](C(=O)N3CCCC3)c3ccccc3)cc2NC1=O. The van der Waals surface area contributed by atoms with Crippen LogP contribution < -0.4 is 15.4 Å². The van der Waals surface area contributed by atoms with Gasteiger partial charge >= 0.3 is 0 Å². The third-order valence-electron chi connectivity index (χ3n) is 5.02. The monoisotopic (exact) mass is 365 g/mol. The van der Waals surface area contributed by atoms with Crippen molar-refractivity contribution in [3.05, 3.63) is 54.1 Å². The van der Waals surface area contributed by atoms with Crippen LogP contribution in [0.5, 0.6) is 5.75 Å². The number of amides is 2. The van der Waals surface area contributed by atoms with E-state index in [1.807, 2.05) is 53.4 Å². The van der Waals surface area contributed by atoms with Crippen molar-refractivity contribution in [1.82, 2.24) is 4.90 Å². The second-order valence-electron chi connectivity index (χ2n) is 6.98. The predicted molar refractivity (Wildman–Crippen MR) is 104 cm³/mol. The molecule has 1 fully saturated rings. The Hall–Kier alpha value is -3.02. The van der Waals surface area contributed by atoms with Gasteiger partial charge in [0.25, 0.3) is 5.91 Å². The number of nitrogens with zero attached hydrogens (tertiary/aromatic N) is 1. The van der Waals surface area contributed by atoms with Crippen molar-refractivity contribution in [3.63, 3.8) is 0 Å². The normalized spacial score (nSPS) is 19.7. The van der Waals surface area contributed by atoms with Crippen LogP contribution in [0.3, 0.4) is 0 Å². The average molecular weight is 365 g/mol. The summed E-state index contributed by atoms with van der Waals surface area (Å²) in [4.78, 5) is 26.9. The number of hydrogen-bond acceptors (Lipinski definition) is 4. The van der Waals surface area contributed by atoms with Gasteiger partial charge in [-0.25, -0.2) is 0 Å². The molecule has 6 nitrogen and oxygen atoms in total. The number of carbonyl (C=O) groups excluding carboxylic acids is 2. The minimum Gasteiger partial charge on any atom is -0.479 e. The fourth-order valence-corrected chi connectivity index (χ4v) is 3.52. The summed E-state index contributed by atoms with van der Waals surface area (Å²) >= 11 is 0. The number of fused-ring (bicyclic) bond motifs is 1. The molecule has 0 unspecified atom stereocenters. The minimum absolute atomic E-state index is 0.0744. The van der Waals surface area contributed by atoms with Gasteiger partial charge in [-0.15, -0.1) is 0 Å². The van der Waals surface area contributed by atoms with Gasteiger partial charge in [-0.1, -0.05) is 30.3 Å². The summed E-state index contributed by atoms with van der Waals surface area (Å²) in [5, 5.41) is 6.20. The van der Waals surface area contributed by atoms with Gasteiger partial charge in [0, 0.05) is 18.8 Å². The Kier molecular flexibility index (Phi) is 4.71. The molecule has 2 aliphatic heterocycles. The molecule has 6 heteroatoms. The summed E-state index contributed by atoms with van der Waals surface area (Å²) in [7, 11) is 0. The van der Waals surface area contributed by atoms with E-state index < -0.39 is 12.1 Å². The lowest BCUT2D eigenvalue weighted by Crippen LogP contribution is -2.36. The van der Waals surface area contributed by atoms with Gasteiger partial charge < -0.3 is 20.3 Å². The molecule has 1 saturated heterocycles. The minimum atomic E-state index is -0.509. The first-order valence-corrected chi connectivity index (χ1v) is 9.33. The average Bonchev–Trinajstić information content (AvgIpc) is 3.22. The highest BCUT2D eigenvalue weighted by Crippen LogP contribution is 2.33. The van der Waals surface area contributed by atoms with Crippen LogP contribution in [0.2, 0.25) is 0 Å². The highest BCUT2D eigenvalue weighted by atomic mass is 16.5. The van der Waals surface area contributed by atoms with Gasteiger partial charge in [0.2, 0.25) is 5.91 Å². The fourth-order valence-electron chi connectivity index (χ4n) is 3.52. The van der Waals surface area contributed by atoms with Crippen LogP contribution in [0.4, 0.5) is 11.4 Å². The summed E-state index contributed by atoms with van der Waals surface area (Å²) in [6.45, 7) is 3.32. The highest BCUT2D eigenvalue weighted by molar-refractivity contribution is 5.98. The van der Waals surface area contributed by atoms with E-state index in [-0.39, 0.29) is 11.8 Å². The van der Waals surface area contributed by atoms with E-state index in [2.05, 4.69) is 10.6 Å². The highest BCUT2D eigenvalue weighted by Gasteiger charge is 2.29. The molecule has 4 rings (SSSR count). The third-order valence-corrected chi connectivity index (χ3v) is 5.02. The maximum absolute atomic E-state index is 13.1. The van der Waals surface area contributed by atoms with Crippen LogP contribution in [0.15, 0.2) is 48.5 Å². The molecule has 27 heavy (non-hydrogen) atoms. The Morgan fingerprint density at radius 1 is 1.19 bits per heavy atom. The molecule has 140 valence electrons. The number of ether oxygens (including phenoxy) is 1. The van der Waals surface area contributed by atoms with Gasteiger partial charge in [0.1, 0.15) is 11.8 Å². The molecule has 0 saturated carbocycles. The molecular weight excluding hydrogens is 342 g/mol. The van der Waals surface area contributed by atoms with Gasteiger partial charge in [0.15, 0.2) is 6.10 Å². The molecule has 2 N–H and O–H groups in total. The molecule has 0 aliphatic carbocycles. The smallest absolute Gasteiger partial charge is 0.265 e. The van der Waals surface area contributed by atoms with Gasteiger partial charge in [-0.2, -0.15) is 0 Å². The molecule has 2 heterocycles.